The summed E-state index contributed by atoms with van der Waals surface area (Å²) >= 11 is 0. The number of aliphatic hydroxyl groups excluding tert-OH is 1. The van der Waals surface area contributed by atoms with E-state index in [-0.39, 0.29) is 18.3 Å². The van der Waals surface area contributed by atoms with Crippen LogP contribution in [-0.2, 0) is 9.59 Å². The molecule has 11 nitrogen and oxygen atoms in total. The summed E-state index contributed by atoms with van der Waals surface area (Å²) in [5.41, 5.74) is 1.37. The summed E-state index contributed by atoms with van der Waals surface area (Å²) < 4.78 is 6.88. The molecule has 1 atom stereocenters. The maximum absolute atomic E-state index is 13.2. The predicted octanol–water partition coefficient (Wildman–Crippen LogP) is 1.53. The van der Waals surface area contributed by atoms with Gasteiger partial charge in [0.25, 0.3) is 18.3 Å². The average Bonchev–Trinajstić information content (AvgIpc) is 3.56. The molecule has 0 saturated carbocycles. The van der Waals surface area contributed by atoms with E-state index < -0.39 is 11.6 Å². The number of carboxylic acid groups (broad SMARTS) is 1. The highest BCUT2D eigenvalue weighted by molar-refractivity contribution is 5.94. The molecule has 2 amide bonds. The topological polar surface area (TPSA) is 138 Å². The number of benzene rings is 1. The molecule has 2 aromatic heterocycles. The standard InChI is InChI=1S/C24H25N5O4.CH2O2/c1-33-19-5-3-17(4-6-19)21(30)23(32)29-12-2-9-24(29)14-27(15-24)22(31)20-13-26-16-28(20)18-7-10-25-11-8-18;2-1-3/h3-8,10-11,13,16,21,30H,2,9,12,14-15H2,1H3;1H,(H,2,3). The number of nitrogens with zero attached hydrogens (tertiary/aromatic N) is 5. The van der Waals surface area contributed by atoms with Crippen LogP contribution in [0.1, 0.15) is 35.0 Å². The van der Waals surface area contributed by atoms with Crippen molar-refractivity contribution in [1.82, 2.24) is 24.3 Å². The molecule has 2 fully saturated rings. The lowest BCUT2D eigenvalue weighted by Gasteiger charge is -2.52. The van der Waals surface area contributed by atoms with E-state index in [0.717, 1.165) is 18.5 Å². The third kappa shape index (κ3) is 4.65. The second kappa shape index (κ2) is 10.6. The van der Waals surface area contributed by atoms with Gasteiger partial charge in [0.05, 0.1) is 30.9 Å². The van der Waals surface area contributed by atoms with Crippen LogP contribution < -0.4 is 4.74 Å². The molecule has 2 aliphatic rings. The minimum atomic E-state index is -1.25. The lowest BCUT2D eigenvalue weighted by Crippen LogP contribution is -2.70. The van der Waals surface area contributed by atoms with Gasteiger partial charge in [-0.15, -0.1) is 0 Å². The maximum atomic E-state index is 13.2. The van der Waals surface area contributed by atoms with Gasteiger partial charge in [0.15, 0.2) is 6.10 Å². The van der Waals surface area contributed by atoms with Gasteiger partial charge in [-0.3, -0.25) is 23.9 Å². The average molecular weight is 494 g/mol. The molecular weight excluding hydrogens is 466 g/mol. The van der Waals surface area contributed by atoms with Crippen LogP contribution >= 0.6 is 0 Å². The van der Waals surface area contributed by atoms with Crippen molar-refractivity contribution >= 4 is 18.3 Å². The third-order valence-corrected chi connectivity index (χ3v) is 6.58. The van der Waals surface area contributed by atoms with Gasteiger partial charge in [-0.1, -0.05) is 12.1 Å². The Bertz CT molecular complexity index is 1210. The number of hydrogen-bond acceptors (Lipinski definition) is 7. The van der Waals surface area contributed by atoms with Crippen molar-refractivity contribution in [2.75, 3.05) is 26.7 Å². The highest BCUT2D eigenvalue weighted by Gasteiger charge is 2.54. The number of aliphatic hydroxyl groups is 1. The van der Waals surface area contributed by atoms with E-state index in [9.17, 15) is 14.7 Å². The van der Waals surface area contributed by atoms with Gasteiger partial charge in [0.2, 0.25) is 0 Å². The SMILES string of the molecule is COc1ccc(C(O)C(=O)N2CCCC23CN(C(=O)c2cncn2-c2ccncc2)C3)cc1.O=CO. The monoisotopic (exact) mass is 493 g/mol. The number of aromatic nitrogens is 3. The van der Waals surface area contributed by atoms with Gasteiger partial charge in [-0.2, -0.15) is 0 Å². The zero-order chi connectivity index (χ0) is 25.7. The molecule has 188 valence electrons. The van der Waals surface area contributed by atoms with Crippen LogP contribution in [0.5, 0.6) is 5.75 Å². The quantitative estimate of drug-likeness (QED) is 0.511. The molecule has 2 aliphatic heterocycles. The molecule has 4 heterocycles. The fourth-order valence-electron chi connectivity index (χ4n) is 4.82. The molecule has 3 aromatic rings. The molecular formula is C25H27N5O6. The first-order valence-corrected chi connectivity index (χ1v) is 11.4. The Morgan fingerprint density at radius 2 is 1.78 bits per heavy atom. The number of imidazole rings is 1. The van der Waals surface area contributed by atoms with E-state index >= 15 is 0 Å². The molecule has 11 heteroatoms. The summed E-state index contributed by atoms with van der Waals surface area (Å²) in [4.78, 5) is 46.4. The number of carbonyl (C=O) groups excluding carboxylic acids is 2. The zero-order valence-corrected chi connectivity index (χ0v) is 19.7. The molecule has 2 N–H and O–H groups in total. The number of amides is 2. The fourth-order valence-corrected chi connectivity index (χ4v) is 4.82. The summed E-state index contributed by atoms with van der Waals surface area (Å²) in [5, 5.41) is 17.6. The fraction of sp³-hybridized carbons (Fsp3) is 0.320. The van der Waals surface area contributed by atoms with Crippen molar-refractivity contribution < 1.29 is 29.3 Å². The van der Waals surface area contributed by atoms with Crippen LogP contribution in [0.4, 0.5) is 0 Å². The minimum Gasteiger partial charge on any atom is -0.497 e. The number of rotatable bonds is 5. The summed E-state index contributed by atoms with van der Waals surface area (Å²) in [7, 11) is 1.57. The van der Waals surface area contributed by atoms with Crippen LogP contribution in [0, 0.1) is 0 Å². The van der Waals surface area contributed by atoms with Crippen LogP contribution in [0.2, 0.25) is 0 Å². The lowest BCUT2D eigenvalue weighted by atomic mass is 9.86. The highest BCUT2D eigenvalue weighted by atomic mass is 16.5. The van der Waals surface area contributed by atoms with E-state index in [2.05, 4.69) is 9.97 Å². The second-order valence-corrected chi connectivity index (χ2v) is 8.61. The van der Waals surface area contributed by atoms with E-state index in [1.165, 1.54) is 0 Å². The number of carbonyl (C=O) groups is 3. The minimum absolute atomic E-state index is 0.134. The molecule has 1 unspecified atom stereocenters. The molecule has 36 heavy (non-hydrogen) atoms. The van der Waals surface area contributed by atoms with Gasteiger partial charge in [-0.25, -0.2) is 4.98 Å². The summed E-state index contributed by atoms with van der Waals surface area (Å²) in [6.45, 7) is 1.20. The molecule has 0 radical (unpaired) electrons. The Hall–Kier alpha value is -4.25. The Kier molecular flexibility index (Phi) is 7.30. The van der Waals surface area contributed by atoms with Crippen LogP contribution in [0.3, 0.4) is 0 Å². The first-order chi connectivity index (χ1) is 17.4. The van der Waals surface area contributed by atoms with Crippen molar-refractivity contribution in [2.45, 2.75) is 24.5 Å². The Morgan fingerprint density at radius 1 is 1.11 bits per heavy atom. The van der Waals surface area contributed by atoms with Crippen LogP contribution in [-0.4, -0.2) is 85.1 Å². The first-order valence-electron chi connectivity index (χ1n) is 11.4. The zero-order valence-electron chi connectivity index (χ0n) is 19.7. The largest absolute Gasteiger partial charge is 0.497 e. The number of pyridine rings is 1. The third-order valence-electron chi connectivity index (χ3n) is 6.58. The molecule has 1 spiro atoms. The molecule has 1 aromatic carbocycles. The summed E-state index contributed by atoms with van der Waals surface area (Å²) in [5.74, 6) is 0.201. The Labute approximate surface area is 207 Å². The predicted molar refractivity (Wildman–Crippen MR) is 128 cm³/mol. The molecule has 0 bridgehead atoms. The number of ether oxygens (including phenoxy) is 1. The smallest absolute Gasteiger partial charge is 0.290 e. The van der Waals surface area contributed by atoms with Crippen molar-refractivity contribution in [3.8, 4) is 11.4 Å². The lowest BCUT2D eigenvalue weighted by molar-refractivity contribution is -0.150. The van der Waals surface area contributed by atoms with Gasteiger partial charge < -0.3 is 24.7 Å². The second-order valence-electron chi connectivity index (χ2n) is 8.61. The molecule has 0 aliphatic carbocycles. The van der Waals surface area contributed by atoms with E-state index in [1.54, 1.807) is 70.7 Å². The van der Waals surface area contributed by atoms with Crippen LogP contribution in [0.25, 0.3) is 5.69 Å². The number of methoxy groups -OCH3 is 1. The van der Waals surface area contributed by atoms with Crippen molar-refractivity contribution in [3.05, 3.63) is 72.6 Å². The molecule has 2 saturated heterocycles. The van der Waals surface area contributed by atoms with Gasteiger partial charge in [-0.05, 0) is 42.7 Å². The Morgan fingerprint density at radius 3 is 2.42 bits per heavy atom. The summed E-state index contributed by atoms with van der Waals surface area (Å²) in [6.07, 6.45) is 6.90. The number of hydrogen-bond donors (Lipinski definition) is 2. The highest BCUT2D eigenvalue weighted by Crippen LogP contribution is 2.40. The summed E-state index contributed by atoms with van der Waals surface area (Å²) in [6, 6.07) is 10.5. The van der Waals surface area contributed by atoms with Crippen molar-refractivity contribution in [3.63, 3.8) is 0 Å². The number of likely N-dealkylation sites (tertiary alicyclic amines) is 2. The van der Waals surface area contributed by atoms with Gasteiger partial charge in [0.1, 0.15) is 11.4 Å². The first kappa shape index (κ1) is 24.9. The molecule has 5 rings (SSSR count). The van der Waals surface area contributed by atoms with Crippen molar-refractivity contribution in [1.29, 1.82) is 0 Å². The van der Waals surface area contributed by atoms with Crippen molar-refractivity contribution in [2.24, 2.45) is 0 Å². The van der Waals surface area contributed by atoms with Crippen LogP contribution in [0.15, 0.2) is 61.3 Å². The van der Waals surface area contributed by atoms with Gasteiger partial charge >= 0.3 is 0 Å². The maximum Gasteiger partial charge on any atom is 0.290 e. The normalized spacial score (nSPS) is 16.5. The Balaban J connectivity index is 0.000000967. The van der Waals surface area contributed by atoms with E-state index in [1.807, 2.05) is 12.1 Å². The van der Waals surface area contributed by atoms with E-state index in [4.69, 9.17) is 14.6 Å². The van der Waals surface area contributed by atoms with E-state index in [0.29, 0.717) is 36.6 Å². The van der Waals surface area contributed by atoms with Gasteiger partial charge in [0, 0.05) is 32.0 Å².